The van der Waals surface area contributed by atoms with Crippen molar-refractivity contribution in [1.82, 2.24) is 5.32 Å². The van der Waals surface area contributed by atoms with Crippen LogP contribution in [-0.2, 0) is 15.9 Å². The third kappa shape index (κ3) is 5.05. The van der Waals surface area contributed by atoms with Crippen LogP contribution in [-0.4, -0.2) is 40.2 Å². The monoisotopic (exact) mass is 345 g/mol. The molecule has 0 spiro atoms. The van der Waals surface area contributed by atoms with E-state index in [1.54, 1.807) is 21.3 Å². The minimum Gasteiger partial charge on any atom is -0.497 e. The summed E-state index contributed by atoms with van der Waals surface area (Å²) in [7, 11) is 5.00. The molecule has 0 aliphatic rings. The second-order valence-electron chi connectivity index (χ2n) is 4.56. The molecule has 20 heavy (non-hydrogen) atoms. The number of rotatable bonds is 9. The van der Waals surface area contributed by atoms with Gasteiger partial charge >= 0.3 is 0 Å². The molecule has 0 bridgehead atoms. The minimum absolute atomic E-state index is 0.0911. The van der Waals surface area contributed by atoms with Crippen molar-refractivity contribution in [1.29, 1.82) is 0 Å². The van der Waals surface area contributed by atoms with E-state index < -0.39 is 0 Å². The van der Waals surface area contributed by atoms with Crippen molar-refractivity contribution in [3.05, 3.63) is 28.2 Å². The van der Waals surface area contributed by atoms with Crippen LogP contribution in [0.15, 0.2) is 22.7 Å². The number of hydrogen-bond acceptors (Lipinski definition) is 4. The van der Waals surface area contributed by atoms with Crippen molar-refractivity contribution >= 4 is 15.9 Å². The van der Waals surface area contributed by atoms with Crippen molar-refractivity contribution in [3.8, 4) is 5.75 Å². The molecule has 114 valence electrons. The molecule has 4 nitrogen and oxygen atoms in total. The first-order chi connectivity index (χ1) is 9.65. The van der Waals surface area contributed by atoms with Crippen LogP contribution in [0.4, 0.5) is 0 Å². The van der Waals surface area contributed by atoms with Gasteiger partial charge < -0.3 is 19.5 Å². The van der Waals surface area contributed by atoms with E-state index >= 15 is 0 Å². The summed E-state index contributed by atoms with van der Waals surface area (Å²) in [5.41, 5.74) is 1.16. The lowest BCUT2D eigenvalue weighted by Crippen LogP contribution is -2.44. The van der Waals surface area contributed by atoms with Gasteiger partial charge in [0.15, 0.2) is 6.29 Å². The molecule has 1 unspecified atom stereocenters. The fourth-order valence-electron chi connectivity index (χ4n) is 2.09. The zero-order valence-electron chi connectivity index (χ0n) is 12.6. The third-order valence-corrected chi connectivity index (χ3v) is 3.92. The highest BCUT2D eigenvalue weighted by Crippen LogP contribution is 2.24. The molecule has 0 amide bonds. The van der Waals surface area contributed by atoms with Gasteiger partial charge in [-0.1, -0.05) is 22.9 Å². The molecular formula is C15H24BrNO3. The predicted molar refractivity (Wildman–Crippen MR) is 84.3 cm³/mol. The summed E-state index contributed by atoms with van der Waals surface area (Å²) in [5.74, 6) is 0.851. The molecule has 1 atom stereocenters. The van der Waals surface area contributed by atoms with Crippen LogP contribution < -0.4 is 10.1 Å². The highest BCUT2D eigenvalue weighted by Gasteiger charge is 2.21. The van der Waals surface area contributed by atoms with Crippen molar-refractivity contribution in [2.45, 2.75) is 32.1 Å². The summed E-state index contributed by atoms with van der Waals surface area (Å²) in [4.78, 5) is 0. The average molecular weight is 346 g/mol. The maximum atomic E-state index is 5.40. The lowest BCUT2D eigenvalue weighted by Gasteiger charge is -2.26. The summed E-state index contributed by atoms with van der Waals surface area (Å²) in [6.07, 6.45) is 1.58. The fourth-order valence-corrected chi connectivity index (χ4v) is 2.50. The van der Waals surface area contributed by atoms with Crippen molar-refractivity contribution in [2.24, 2.45) is 0 Å². The predicted octanol–water partition coefficient (Wildman–Crippen LogP) is 2.99. The average Bonchev–Trinajstić information content (AvgIpc) is 2.47. The van der Waals surface area contributed by atoms with Gasteiger partial charge in [0.1, 0.15) is 5.75 Å². The largest absolute Gasteiger partial charge is 0.497 e. The Hall–Kier alpha value is -0.620. The maximum Gasteiger partial charge on any atom is 0.172 e. The minimum atomic E-state index is -0.278. The second-order valence-corrected chi connectivity index (χ2v) is 5.42. The summed E-state index contributed by atoms with van der Waals surface area (Å²) < 4.78 is 17.1. The molecule has 1 aromatic rings. The van der Waals surface area contributed by atoms with E-state index in [9.17, 15) is 0 Å². The van der Waals surface area contributed by atoms with Gasteiger partial charge in [-0.15, -0.1) is 0 Å². The van der Waals surface area contributed by atoms with Gasteiger partial charge in [-0.05, 0) is 43.1 Å². The highest BCUT2D eigenvalue weighted by atomic mass is 79.9. The number of halogens is 1. The van der Waals surface area contributed by atoms with Gasteiger partial charge in [0.25, 0.3) is 0 Å². The number of nitrogens with one attached hydrogen (secondary N) is 1. The molecule has 0 saturated heterocycles. The molecule has 0 aromatic heterocycles. The van der Waals surface area contributed by atoms with Crippen LogP contribution in [0, 0.1) is 0 Å². The molecule has 1 N–H and O–H groups in total. The first-order valence-electron chi connectivity index (χ1n) is 6.77. The second kappa shape index (κ2) is 9.34. The lowest BCUT2D eigenvalue weighted by molar-refractivity contribution is -0.122. The smallest absolute Gasteiger partial charge is 0.172 e. The topological polar surface area (TPSA) is 39.7 Å². The van der Waals surface area contributed by atoms with Gasteiger partial charge in [-0.2, -0.15) is 0 Å². The number of ether oxygens (including phenoxy) is 3. The Morgan fingerprint density at radius 1 is 1.20 bits per heavy atom. The van der Waals surface area contributed by atoms with Gasteiger partial charge in [0, 0.05) is 18.7 Å². The first kappa shape index (κ1) is 17.4. The molecule has 0 heterocycles. The van der Waals surface area contributed by atoms with Gasteiger partial charge in [0.2, 0.25) is 0 Å². The van der Waals surface area contributed by atoms with E-state index in [2.05, 4.69) is 28.2 Å². The van der Waals surface area contributed by atoms with E-state index in [0.717, 1.165) is 35.2 Å². The quantitative estimate of drug-likeness (QED) is 0.698. The van der Waals surface area contributed by atoms with E-state index in [-0.39, 0.29) is 12.3 Å². The van der Waals surface area contributed by atoms with Crippen LogP contribution in [0.2, 0.25) is 0 Å². The Labute approximate surface area is 129 Å². The Bertz CT molecular complexity index is 397. The van der Waals surface area contributed by atoms with Crippen molar-refractivity contribution in [2.75, 3.05) is 27.9 Å². The van der Waals surface area contributed by atoms with Gasteiger partial charge in [0.05, 0.1) is 13.2 Å². The van der Waals surface area contributed by atoms with Crippen molar-refractivity contribution < 1.29 is 14.2 Å². The summed E-state index contributed by atoms with van der Waals surface area (Å²) in [5, 5.41) is 3.47. The van der Waals surface area contributed by atoms with Gasteiger partial charge in [-0.3, -0.25) is 0 Å². The first-order valence-corrected chi connectivity index (χ1v) is 7.56. The van der Waals surface area contributed by atoms with E-state index in [1.165, 1.54) is 0 Å². The SMILES string of the molecule is CCCNC(Cc1cc(OC)ccc1Br)C(OC)OC. The summed E-state index contributed by atoms with van der Waals surface area (Å²) >= 11 is 3.58. The highest BCUT2D eigenvalue weighted by molar-refractivity contribution is 9.10. The Morgan fingerprint density at radius 2 is 1.90 bits per heavy atom. The normalized spacial score (nSPS) is 12.7. The summed E-state index contributed by atoms with van der Waals surface area (Å²) in [6, 6.07) is 6.06. The Morgan fingerprint density at radius 3 is 2.45 bits per heavy atom. The van der Waals surface area contributed by atoms with E-state index in [4.69, 9.17) is 14.2 Å². The molecule has 1 rings (SSSR count). The molecule has 0 saturated carbocycles. The van der Waals surface area contributed by atoms with E-state index in [1.807, 2.05) is 18.2 Å². The van der Waals surface area contributed by atoms with Gasteiger partial charge in [-0.25, -0.2) is 0 Å². The molecule has 5 heteroatoms. The van der Waals surface area contributed by atoms with Crippen LogP contribution in [0.25, 0.3) is 0 Å². The Balaban J connectivity index is 2.87. The van der Waals surface area contributed by atoms with Crippen LogP contribution in [0.5, 0.6) is 5.75 Å². The number of hydrogen-bond donors (Lipinski definition) is 1. The summed E-state index contributed by atoms with van der Waals surface area (Å²) in [6.45, 7) is 3.07. The number of methoxy groups -OCH3 is 3. The zero-order chi connectivity index (χ0) is 15.0. The molecule has 0 radical (unpaired) electrons. The fraction of sp³-hybridized carbons (Fsp3) is 0.600. The van der Waals surface area contributed by atoms with Crippen LogP contribution >= 0.6 is 15.9 Å². The maximum absolute atomic E-state index is 5.40. The third-order valence-electron chi connectivity index (χ3n) is 3.14. The van der Waals surface area contributed by atoms with Crippen molar-refractivity contribution in [3.63, 3.8) is 0 Å². The molecular weight excluding hydrogens is 322 g/mol. The van der Waals surface area contributed by atoms with Crippen LogP contribution in [0.1, 0.15) is 18.9 Å². The molecule has 1 aromatic carbocycles. The molecule has 0 aliphatic carbocycles. The van der Waals surface area contributed by atoms with Crippen LogP contribution in [0.3, 0.4) is 0 Å². The Kier molecular flexibility index (Phi) is 8.14. The number of benzene rings is 1. The zero-order valence-corrected chi connectivity index (χ0v) is 14.2. The molecule has 0 fully saturated rings. The van der Waals surface area contributed by atoms with E-state index in [0.29, 0.717) is 0 Å². The lowest BCUT2D eigenvalue weighted by atomic mass is 10.0. The molecule has 0 aliphatic heterocycles. The standard InChI is InChI=1S/C15H24BrNO3/c1-5-8-17-14(15(19-3)20-4)10-11-9-12(18-2)6-7-13(11)16/h6-7,9,14-15,17H,5,8,10H2,1-4H3.